The minimum Gasteiger partial charge on any atom is -0.352 e. The van der Waals surface area contributed by atoms with Crippen LogP contribution in [0, 0.1) is 0 Å². The Bertz CT molecular complexity index is 485. The predicted molar refractivity (Wildman–Crippen MR) is 109 cm³/mol. The van der Waals surface area contributed by atoms with E-state index in [2.05, 4.69) is 24.5 Å². The zero-order valence-electron chi connectivity index (χ0n) is 16.6. The van der Waals surface area contributed by atoms with Gasteiger partial charge < -0.3 is 10.6 Å². The maximum Gasteiger partial charge on any atom is 0.251 e. The number of hydrogen-bond donors (Lipinski definition) is 2. The summed E-state index contributed by atoms with van der Waals surface area (Å²) < 4.78 is 0. The Labute approximate surface area is 159 Å². The summed E-state index contributed by atoms with van der Waals surface area (Å²) in [6, 6.07) is 6.97. The van der Waals surface area contributed by atoms with Crippen molar-refractivity contribution < 1.29 is 9.59 Å². The van der Waals surface area contributed by atoms with Gasteiger partial charge in [0.05, 0.1) is 0 Å². The topological polar surface area (TPSA) is 58.2 Å². The Balaban J connectivity index is 2.34. The first-order valence-corrected chi connectivity index (χ1v) is 10.4. The van der Waals surface area contributed by atoms with Crippen LogP contribution in [0.5, 0.6) is 0 Å². The highest BCUT2D eigenvalue weighted by Crippen LogP contribution is 2.07. The maximum atomic E-state index is 12.2. The van der Waals surface area contributed by atoms with Gasteiger partial charge in [-0.1, -0.05) is 71.3 Å². The lowest BCUT2D eigenvalue weighted by Gasteiger charge is -2.08. The third-order valence-electron chi connectivity index (χ3n) is 4.52. The van der Waals surface area contributed by atoms with Crippen molar-refractivity contribution >= 4 is 11.8 Å². The lowest BCUT2D eigenvalue weighted by Crippen LogP contribution is -2.26. The Morgan fingerprint density at radius 1 is 0.692 bits per heavy atom. The summed E-state index contributed by atoms with van der Waals surface area (Å²) in [7, 11) is 0. The zero-order valence-corrected chi connectivity index (χ0v) is 16.6. The highest BCUT2D eigenvalue weighted by molar-refractivity contribution is 5.99. The molecule has 1 rings (SSSR count). The molecule has 0 spiro atoms. The zero-order chi connectivity index (χ0) is 19.0. The molecular formula is C22H36N2O2. The fourth-order valence-electron chi connectivity index (χ4n) is 2.87. The van der Waals surface area contributed by atoms with Crippen LogP contribution in [-0.4, -0.2) is 24.9 Å². The van der Waals surface area contributed by atoms with Gasteiger partial charge in [0.1, 0.15) is 0 Å². The third kappa shape index (κ3) is 9.59. The molecule has 0 aliphatic heterocycles. The molecule has 0 aliphatic rings. The van der Waals surface area contributed by atoms with Crippen molar-refractivity contribution in [2.24, 2.45) is 0 Å². The van der Waals surface area contributed by atoms with Gasteiger partial charge in [-0.15, -0.1) is 0 Å². The summed E-state index contributed by atoms with van der Waals surface area (Å²) in [6.45, 7) is 5.77. The van der Waals surface area contributed by atoms with E-state index in [0.29, 0.717) is 24.2 Å². The standard InChI is InChI=1S/C22H36N2O2/c1-3-5-7-9-11-16-23-21(25)19-14-13-15-20(18-19)22(26)24-17-12-10-8-6-4-2/h13-15,18H,3-12,16-17H2,1-2H3,(H,23,25)(H,24,26). The van der Waals surface area contributed by atoms with Gasteiger partial charge >= 0.3 is 0 Å². The van der Waals surface area contributed by atoms with Crippen molar-refractivity contribution in [3.8, 4) is 0 Å². The van der Waals surface area contributed by atoms with Gasteiger partial charge in [0, 0.05) is 24.2 Å². The molecule has 0 heterocycles. The molecule has 1 aromatic rings. The monoisotopic (exact) mass is 360 g/mol. The van der Waals surface area contributed by atoms with Gasteiger partial charge in [-0.3, -0.25) is 9.59 Å². The van der Waals surface area contributed by atoms with E-state index < -0.39 is 0 Å². The summed E-state index contributed by atoms with van der Waals surface area (Å²) in [6.07, 6.45) is 11.7. The second-order valence-corrected chi connectivity index (χ2v) is 6.92. The molecule has 0 atom stereocenters. The normalized spacial score (nSPS) is 10.5. The van der Waals surface area contributed by atoms with Crippen molar-refractivity contribution in [2.45, 2.75) is 78.1 Å². The quantitative estimate of drug-likeness (QED) is 0.454. The van der Waals surface area contributed by atoms with Gasteiger partial charge in [-0.05, 0) is 31.0 Å². The molecule has 0 radical (unpaired) electrons. The van der Waals surface area contributed by atoms with Crippen LogP contribution in [0.2, 0.25) is 0 Å². The van der Waals surface area contributed by atoms with Crippen LogP contribution in [0.1, 0.15) is 98.8 Å². The summed E-state index contributed by atoms with van der Waals surface area (Å²) in [5.74, 6) is -0.204. The van der Waals surface area contributed by atoms with E-state index in [0.717, 1.165) is 25.7 Å². The smallest absolute Gasteiger partial charge is 0.251 e. The first-order chi connectivity index (χ1) is 12.7. The fourth-order valence-corrected chi connectivity index (χ4v) is 2.87. The van der Waals surface area contributed by atoms with Crippen molar-refractivity contribution in [3.05, 3.63) is 35.4 Å². The molecule has 26 heavy (non-hydrogen) atoms. The van der Waals surface area contributed by atoms with E-state index in [1.165, 1.54) is 38.5 Å². The van der Waals surface area contributed by atoms with Gasteiger partial charge in [0.25, 0.3) is 11.8 Å². The van der Waals surface area contributed by atoms with E-state index in [4.69, 9.17) is 0 Å². The van der Waals surface area contributed by atoms with Crippen LogP contribution >= 0.6 is 0 Å². The Hall–Kier alpha value is -1.84. The molecule has 0 fully saturated rings. The molecule has 0 aliphatic carbocycles. The van der Waals surface area contributed by atoms with Crippen LogP contribution in [-0.2, 0) is 0 Å². The minimum absolute atomic E-state index is 0.102. The molecular weight excluding hydrogens is 324 g/mol. The highest BCUT2D eigenvalue weighted by atomic mass is 16.2. The number of rotatable bonds is 14. The van der Waals surface area contributed by atoms with Crippen LogP contribution < -0.4 is 10.6 Å². The van der Waals surface area contributed by atoms with Crippen molar-refractivity contribution in [2.75, 3.05) is 13.1 Å². The van der Waals surface area contributed by atoms with Crippen molar-refractivity contribution in [3.63, 3.8) is 0 Å². The maximum absolute atomic E-state index is 12.2. The van der Waals surface area contributed by atoms with Gasteiger partial charge in [0.2, 0.25) is 0 Å². The van der Waals surface area contributed by atoms with Gasteiger partial charge in [0.15, 0.2) is 0 Å². The molecule has 0 aromatic heterocycles. The second-order valence-electron chi connectivity index (χ2n) is 6.92. The first kappa shape index (κ1) is 22.2. The predicted octanol–water partition coefficient (Wildman–Crippen LogP) is 5.09. The van der Waals surface area contributed by atoms with E-state index in [1.54, 1.807) is 24.3 Å². The number of benzene rings is 1. The van der Waals surface area contributed by atoms with Crippen LogP contribution in [0.3, 0.4) is 0 Å². The minimum atomic E-state index is -0.102. The number of nitrogens with one attached hydrogen (secondary N) is 2. The molecule has 2 N–H and O–H groups in total. The lowest BCUT2D eigenvalue weighted by molar-refractivity contribution is 0.0952. The molecule has 146 valence electrons. The molecule has 0 saturated heterocycles. The van der Waals surface area contributed by atoms with Crippen molar-refractivity contribution in [1.82, 2.24) is 10.6 Å². The van der Waals surface area contributed by atoms with Crippen molar-refractivity contribution in [1.29, 1.82) is 0 Å². The van der Waals surface area contributed by atoms with Crippen LogP contribution in [0.4, 0.5) is 0 Å². The summed E-state index contributed by atoms with van der Waals surface area (Å²) >= 11 is 0. The molecule has 2 amide bonds. The third-order valence-corrected chi connectivity index (χ3v) is 4.52. The van der Waals surface area contributed by atoms with E-state index >= 15 is 0 Å². The number of hydrogen-bond acceptors (Lipinski definition) is 2. The molecule has 0 bridgehead atoms. The SMILES string of the molecule is CCCCCCCNC(=O)c1cccc(C(=O)NCCCCCCC)c1. The number of amides is 2. The number of carbonyl (C=O) groups excluding carboxylic acids is 2. The molecule has 1 aromatic carbocycles. The van der Waals surface area contributed by atoms with E-state index in [-0.39, 0.29) is 11.8 Å². The summed E-state index contributed by atoms with van der Waals surface area (Å²) in [5.41, 5.74) is 1.10. The summed E-state index contributed by atoms with van der Waals surface area (Å²) in [4.78, 5) is 24.5. The fraction of sp³-hybridized carbons (Fsp3) is 0.636. The van der Waals surface area contributed by atoms with Crippen LogP contribution in [0.25, 0.3) is 0 Å². The van der Waals surface area contributed by atoms with E-state index in [1.807, 2.05) is 0 Å². The highest BCUT2D eigenvalue weighted by Gasteiger charge is 2.09. The Kier molecular flexibility index (Phi) is 12.2. The molecule has 4 nitrogen and oxygen atoms in total. The Morgan fingerprint density at radius 2 is 1.12 bits per heavy atom. The van der Waals surface area contributed by atoms with Gasteiger partial charge in [-0.2, -0.15) is 0 Å². The summed E-state index contributed by atoms with van der Waals surface area (Å²) in [5, 5.41) is 5.89. The van der Waals surface area contributed by atoms with E-state index in [9.17, 15) is 9.59 Å². The average Bonchev–Trinajstić information content (AvgIpc) is 2.67. The molecule has 4 heteroatoms. The largest absolute Gasteiger partial charge is 0.352 e. The van der Waals surface area contributed by atoms with Gasteiger partial charge in [-0.25, -0.2) is 0 Å². The van der Waals surface area contributed by atoms with Crippen LogP contribution in [0.15, 0.2) is 24.3 Å². The number of carbonyl (C=O) groups is 2. The number of unbranched alkanes of at least 4 members (excludes halogenated alkanes) is 8. The second kappa shape index (κ2) is 14.3. The molecule has 0 unspecified atom stereocenters. The lowest BCUT2D eigenvalue weighted by atomic mass is 10.1. The molecule has 0 saturated carbocycles. The average molecular weight is 361 g/mol. The first-order valence-electron chi connectivity index (χ1n) is 10.4. The Morgan fingerprint density at radius 3 is 1.54 bits per heavy atom.